The molecule has 0 bridgehead atoms. The van der Waals surface area contributed by atoms with Crippen molar-refractivity contribution in [3.8, 4) is 22.9 Å². The van der Waals surface area contributed by atoms with Crippen LogP contribution in [0.3, 0.4) is 0 Å². The third kappa shape index (κ3) is 5.62. The first-order chi connectivity index (χ1) is 18.0. The molecule has 4 aromatic rings. The number of aryl methyl sites for hydroxylation is 1. The summed E-state index contributed by atoms with van der Waals surface area (Å²) >= 11 is 0. The van der Waals surface area contributed by atoms with E-state index in [-0.39, 0.29) is 11.7 Å². The fraction of sp³-hybridized carbons (Fsp3) is 0.333. The maximum atomic E-state index is 12.5. The first-order valence-corrected chi connectivity index (χ1v) is 13.0. The Kier molecular flexibility index (Phi) is 7.42. The van der Waals surface area contributed by atoms with Crippen LogP contribution >= 0.6 is 0 Å². The summed E-state index contributed by atoms with van der Waals surface area (Å²) < 4.78 is 6.52. The Morgan fingerprint density at radius 1 is 1.08 bits per heavy atom. The molecule has 1 aliphatic heterocycles. The maximum Gasteiger partial charge on any atom is 0.228 e. The minimum atomic E-state index is -0.00544. The largest absolute Gasteiger partial charge is 0.437 e. The van der Waals surface area contributed by atoms with Crippen molar-refractivity contribution in [1.82, 2.24) is 20.3 Å². The molecule has 0 spiro atoms. The van der Waals surface area contributed by atoms with E-state index in [0.717, 1.165) is 64.8 Å². The van der Waals surface area contributed by atoms with Crippen LogP contribution in [0.1, 0.15) is 37.8 Å². The summed E-state index contributed by atoms with van der Waals surface area (Å²) in [6.07, 6.45) is 6.11. The van der Waals surface area contributed by atoms with Gasteiger partial charge in [0.05, 0.1) is 11.3 Å². The van der Waals surface area contributed by atoms with Gasteiger partial charge in [0.15, 0.2) is 0 Å². The maximum absolute atomic E-state index is 12.5. The lowest BCUT2D eigenvalue weighted by Gasteiger charge is -2.23. The summed E-state index contributed by atoms with van der Waals surface area (Å²) in [6, 6.07) is 16.2. The summed E-state index contributed by atoms with van der Waals surface area (Å²) in [4.78, 5) is 26.3. The van der Waals surface area contributed by atoms with E-state index in [4.69, 9.17) is 9.72 Å². The zero-order chi connectivity index (χ0) is 25.8. The Morgan fingerprint density at radius 3 is 2.78 bits per heavy atom. The summed E-state index contributed by atoms with van der Waals surface area (Å²) in [6.45, 7) is 7.86. The average molecular weight is 496 g/mol. The average Bonchev–Trinajstić information content (AvgIpc) is 2.91. The van der Waals surface area contributed by atoms with E-state index in [1.165, 1.54) is 0 Å². The van der Waals surface area contributed by atoms with E-state index >= 15 is 0 Å². The third-order valence-corrected chi connectivity index (χ3v) is 6.84. The molecule has 2 N–H and O–H groups in total. The van der Waals surface area contributed by atoms with Crippen LogP contribution in [0.2, 0.25) is 0 Å². The number of nitrogens with zero attached hydrogens (tertiary/aromatic N) is 3. The van der Waals surface area contributed by atoms with E-state index in [9.17, 15) is 4.79 Å². The number of Topliss-reactive ketones (excluding diaryl/α,β-unsaturated/α-hetero) is 1. The van der Waals surface area contributed by atoms with E-state index in [2.05, 4.69) is 26.7 Å². The topological polar surface area (TPSA) is 89.0 Å². The minimum Gasteiger partial charge on any atom is -0.437 e. The number of carbonyl (C=O) groups is 1. The fourth-order valence-corrected chi connectivity index (χ4v) is 4.69. The number of anilines is 1. The second kappa shape index (κ2) is 11.0. The minimum absolute atomic E-state index is 0.00544. The van der Waals surface area contributed by atoms with Gasteiger partial charge in [0.25, 0.3) is 0 Å². The number of fused-ring (bicyclic) bond motifs is 1. The molecule has 5 rings (SSSR count). The van der Waals surface area contributed by atoms with Crippen LogP contribution in [-0.2, 0) is 11.2 Å². The van der Waals surface area contributed by atoms with Crippen LogP contribution in [0, 0.1) is 12.8 Å². The van der Waals surface area contributed by atoms with Crippen molar-refractivity contribution in [1.29, 1.82) is 0 Å². The van der Waals surface area contributed by atoms with Gasteiger partial charge in [-0.2, -0.15) is 0 Å². The number of aromatic nitrogens is 3. The molecule has 7 heteroatoms. The Hall–Kier alpha value is -3.84. The van der Waals surface area contributed by atoms with Gasteiger partial charge < -0.3 is 15.4 Å². The number of pyridine rings is 1. The fourth-order valence-electron chi connectivity index (χ4n) is 4.69. The SMILES string of the molecule is Cc1ccc2c(CC(=O)C(C)C)cccc2c1Oc1ncccc1-c1ccnc(N[C@H]2CCCNC2)n1. The van der Waals surface area contributed by atoms with Gasteiger partial charge in [-0.3, -0.25) is 4.79 Å². The molecule has 1 fully saturated rings. The highest BCUT2D eigenvalue weighted by atomic mass is 16.5. The van der Waals surface area contributed by atoms with Gasteiger partial charge in [-0.1, -0.05) is 44.2 Å². The van der Waals surface area contributed by atoms with Gasteiger partial charge in [-0.05, 0) is 61.0 Å². The monoisotopic (exact) mass is 495 g/mol. The van der Waals surface area contributed by atoms with Crippen LogP contribution in [0.5, 0.6) is 11.6 Å². The van der Waals surface area contributed by atoms with Crippen LogP contribution in [-0.4, -0.2) is 39.9 Å². The highest BCUT2D eigenvalue weighted by molar-refractivity contribution is 5.95. The normalized spacial score (nSPS) is 15.6. The molecule has 7 nitrogen and oxygen atoms in total. The van der Waals surface area contributed by atoms with Gasteiger partial charge >= 0.3 is 0 Å². The van der Waals surface area contributed by atoms with Crippen molar-refractivity contribution in [2.45, 2.75) is 46.1 Å². The first-order valence-electron chi connectivity index (χ1n) is 13.0. The lowest BCUT2D eigenvalue weighted by atomic mass is 9.95. The van der Waals surface area contributed by atoms with Gasteiger partial charge in [0.1, 0.15) is 11.5 Å². The number of hydrogen-bond donors (Lipinski definition) is 2. The molecule has 0 amide bonds. The molecule has 3 heterocycles. The molecule has 2 aromatic carbocycles. The first kappa shape index (κ1) is 24.8. The molecule has 0 aliphatic carbocycles. The molecule has 0 unspecified atom stereocenters. The quantitative estimate of drug-likeness (QED) is 0.323. The van der Waals surface area contributed by atoms with Crippen molar-refractivity contribution in [3.05, 3.63) is 72.1 Å². The molecular formula is C30H33N5O2. The van der Waals surface area contributed by atoms with Crippen LogP contribution in [0.4, 0.5) is 5.95 Å². The van der Waals surface area contributed by atoms with Crippen molar-refractivity contribution in [2.24, 2.45) is 5.92 Å². The molecule has 2 aromatic heterocycles. The summed E-state index contributed by atoms with van der Waals surface area (Å²) in [5.41, 5.74) is 3.53. The highest BCUT2D eigenvalue weighted by Crippen LogP contribution is 2.37. The Morgan fingerprint density at radius 2 is 1.97 bits per heavy atom. The van der Waals surface area contributed by atoms with Crippen molar-refractivity contribution in [3.63, 3.8) is 0 Å². The number of benzene rings is 2. The van der Waals surface area contributed by atoms with E-state index in [1.54, 1.807) is 12.4 Å². The van der Waals surface area contributed by atoms with Gasteiger partial charge in [0, 0.05) is 42.7 Å². The number of ether oxygens (including phenoxy) is 1. The Bertz CT molecular complexity index is 1410. The Balaban J connectivity index is 1.48. The van der Waals surface area contributed by atoms with Crippen molar-refractivity contribution in [2.75, 3.05) is 18.4 Å². The molecule has 37 heavy (non-hydrogen) atoms. The smallest absolute Gasteiger partial charge is 0.228 e. The molecular weight excluding hydrogens is 462 g/mol. The number of nitrogens with one attached hydrogen (secondary N) is 2. The number of carbonyl (C=O) groups excluding carboxylic acids is 1. The lowest BCUT2D eigenvalue weighted by molar-refractivity contribution is -0.121. The standard InChI is InChI=1S/C30H33N5O2/c1-19(2)27(36)17-21-7-4-9-24-23(21)12-11-20(3)28(24)37-29-25(10-6-15-32-29)26-13-16-33-30(35-26)34-22-8-5-14-31-18-22/h4,6-7,9-13,15-16,19,22,31H,5,8,14,17-18H2,1-3H3,(H,33,34,35)/t22-/m0/s1. The molecule has 0 saturated carbocycles. The predicted octanol–water partition coefficient (Wildman–Crippen LogP) is 5.72. The van der Waals surface area contributed by atoms with Gasteiger partial charge in [-0.25, -0.2) is 15.0 Å². The zero-order valence-corrected chi connectivity index (χ0v) is 21.6. The van der Waals surface area contributed by atoms with Crippen LogP contribution < -0.4 is 15.4 Å². The second-order valence-electron chi connectivity index (χ2n) is 9.93. The molecule has 1 saturated heterocycles. The predicted molar refractivity (Wildman–Crippen MR) is 147 cm³/mol. The molecule has 1 aliphatic rings. The van der Waals surface area contributed by atoms with Crippen molar-refractivity contribution < 1.29 is 9.53 Å². The number of rotatable bonds is 8. The summed E-state index contributed by atoms with van der Waals surface area (Å²) in [5.74, 6) is 2.03. The lowest BCUT2D eigenvalue weighted by Crippen LogP contribution is -2.38. The third-order valence-electron chi connectivity index (χ3n) is 6.84. The number of hydrogen-bond acceptors (Lipinski definition) is 7. The van der Waals surface area contributed by atoms with Crippen molar-refractivity contribution >= 4 is 22.5 Å². The Labute approximate surface area is 217 Å². The van der Waals surface area contributed by atoms with Crippen LogP contribution in [0.25, 0.3) is 22.0 Å². The van der Waals surface area contributed by atoms with E-state index < -0.39 is 0 Å². The molecule has 1 atom stereocenters. The van der Waals surface area contributed by atoms with Gasteiger partial charge in [0.2, 0.25) is 11.8 Å². The number of piperidine rings is 1. The number of ketones is 1. The molecule has 0 radical (unpaired) electrons. The highest BCUT2D eigenvalue weighted by Gasteiger charge is 2.18. The van der Waals surface area contributed by atoms with E-state index in [1.807, 2.05) is 63.2 Å². The van der Waals surface area contributed by atoms with Crippen LogP contribution in [0.15, 0.2) is 60.9 Å². The zero-order valence-electron chi connectivity index (χ0n) is 21.6. The second-order valence-corrected chi connectivity index (χ2v) is 9.93. The van der Waals surface area contributed by atoms with Gasteiger partial charge in [-0.15, -0.1) is 0 Å². The van der Waals surface area contributed by atoms with E-state index in [0.29, 0.717) is 24.3 Å². The summed E-state index contributed by atoms with van der Waals surface area (Å²) in [5, 5.41) is 8.84. The molecule has 190 valence electrons. The summed E-state index contributed by atoms with van der Waals surface area (Å²) in [7, 11) is 0.